The summed E-state index contributed by atoms with van der Waals surface area (Å²) in [4.78, 5) is 0. The van der Waals surface area contributed by atoms with Crippen LogP contribution in [0.1, 0.15) is 25.8 Å². The number of para-hydroxylation sites is 1. The lowest BCUT2D eigenvalue weighted by atomic mass is 10.1. The highest BCUT2D eigenvalue weighted by Crippen LogP contribution is 2.17. The normalized spacial score (nSPS) is 12.1. The number of rotatable bonds is 7. The monoisotopic (exact) mass is 219 g/mol. The van der Waals surface area contributed by atoms with Crippen LogP contribution >= 0.6 is 0 Å². The maximum atomic E-state index is 5.57. The Hall–Kier alpha value is -1.28. The van der Waals surface area contributed by atoms with Gasteiger partial charge in [0.2, 0.25) is 0 Å². The zero-order valence-corrected chi connectivity index (χ0v) is 10.2. The molecule has 0 saturated carbocycles. The minimum atomic E-state index is 0.451. The van der Waals surface area contributed by atoms with E-state index >= 15 is 0 Å². The van der Waals surface area contributed by atoms with Crippen molar-refractivity contribution in [1.29, 1.82) is 0 Å². The van der Waals surface area contributed by atoms with Crippen molar-refractivity contribution >= 4 is 0 Å². The van der Waals surface area contributed by atoms with Crippen LogP contribution in [-0.4, -0.2) is 12.6 Å². The molecule has 0 bridgehead atoms. The topological polar surface area (TPSA) is 21.3 Å². The zero-order chi connectivity index (χ0) is 11.8. The van der Waals surface area contributed by atoms with E-state index in [0.717, 1.165) is 18.7 Å². The Kier molecular flexibility index (Phi) is 5.65. The smallest absolute Gasteiger partial charge is 0.123 e. The highest BCUT2D eigenvalue weighted by Gasteiger charge is 2.03. The molecule has 2 heteroatoms. The SMILES string of the molecule is C=CCC(C)NCc1ccccc1OCC. The number of nitrogens with one attached hydrogen (secondary N) is 1. The molecule has 1 aromatic rings. The molecule has 16 heavy (non-hydrogen) atoms. The maximum Gasteiger partial charge on any atom is 0.123 e. The first-order chi connectivity index (χ1) is 7.77. The van der Waals surface area contributed by atoms with E-state index in [1.54, 1.807) is 0 Å². The van der Waals surface area contributed by atoms with Gasteiger partial charge in [0.05, 0.1) is 6.61 Å². The fraction of sp³-hybridized carbons (Fsp3) is 0.429. The summed E-state index contributed by atoms with van der Waals surface area (Å²) < 4.78 is 5.57. The van der Waals surface area contributed by atoms with Crippen LogP contribution in [-0.2, 0) is 6.54 Å². The number of hydrogen-bond acceptors (Lipinski definition) is 2. The maximum absolute atomic E-state index is 5.57. The molecule has 2 nitrogen and oxygen atoms in total. The summed E-state index contributed by atoms with van der Waals surface area (Å²) in [6.07, 6.45) is 2.92. The summed E-state index contributed by atoms with van der Waals surface area (Å²) in [6.45, 7) is 9.45. The molecule has 1 rings (SSSR count). The van der Waals surface area contributed by atoms with E-state index in [2.05, 4.69) is 24.9 Å². The van der Waals surface area contributed by atoms with Crippen LogP contribution in [0.4, 0.5) is 0 Å². The summed E-state index contributed by atoms with van der Waals surface area (Å²) in [5, 5.41) is 3.45. The molecule has 88 valence electrons. The summed E-state index contributed by atoms with van der Waals surface area (Å²) in [5.41, 5.74) is 1.21. The molecule has 0 aromatic heterocycles. The van der Waals surface area contributed by atoms with Gasteiger partial charge in [-0.3, -0.25) is 0 Å². The van der Waals surface area contributed by atoms with Crippen molar-refractivity contribution in [1.82, 2.24) is 5.32 Å². The van der Waals surface area contributed by atoms with Crippen molar-refractivity contribution in [2.75, 3.05) is 6.61 Å². The average molecular weight is 219 g/mol. The van der Waals surface area contributed by atoms with Crippen molar-refractivity contribution in [3.8, 4) is 5.75 Å². The second kappa shape index (κ2) is 7.07. The van der Waals surface area contributed by atoms with Crippen LogP contribution in [0.2, 0.25) is 0 Å². The summed E-state index contributed by atoms with van der Waals surface area (Å²) >= 11 is 0. The summed E-state index contributed by atoms with van der Waals surface area (Å²) in [7, 11) is 0. The van der Waals surface area contributed by atoms with E-state index in [4.69, 9.17) is 4.74 Å². The summed E-state index contributed by atoms with van der Waals surface area (Å²) in [5.74, 6) is 0.975. The highest BCUT2D eigenvalue weighted by atomic mass is 16.5. The van der Waals surface area contributed by atoms with Gasteiger partial charge in [0, 0.05) is 18.2 Å². The fourth-order valence-corrected chi connectivity index (χ4v) is 1.56. The van der Waals surface area contributed by atoms with Gasteiger partial charge in [-0.2, -0.15) is 0 Å². The van der Waals surface area contributed by atoms with E-state index in [1.807, 2.05) is 31.2 Å². The third-order valence-electron chi connectivity index (χ3n) is 2.43. The fourth-order valence-electron chi connectivity index (χ4n) is 1.56. The Morgan fingerprint density at radius 1 is 1.44 bits per heavy atom. The van der Waals surface area contributed by atoms with Crippen LogP contribution < -0.4 is 10.1 Å². The number of hydrogen-bond donors (Lipinski definition) is 1. The van der Waals surface area contributed by atoms with Crippen LogP contribution in [0.3, 0.4) is 0 Å². The lowest BCUT2D eigenvalue weighted by Gasteiger charge is -2.14. The molecule has 1 unspecified atom stereocenters. The van der Waals surface area contributed by atoms with Gasteiger partial charge in [0.25, 0.3) is 0 Å². The van der Waals surface area contributed by atoms with E-state index < -0.39 is 0 Å². The predicted molar refractivity (Wildman–Crippen MR) is 68.7 cm³/mol. The first kappa shape index (κ1) is 12.8. The molecule has 0 spiro atoms. The molecule has 0 fully saturated rings. The second-order valence-corrected chi connectivity index (χ2v) is 3.85. The quantitative estimate of drug-likeness (QED) is 0.711. The molecule has 1 atom stereocenters. The first-order valence-corrected chi connectivity index (χ1v) is 5.83. The van der Waals surface area contributed by atoms with E-state index in [0.29, 0.717) is 12.6 Å². The molecule has 0 aliphatic rings. The third kappa shape index (κ3) is 4.07. The van der Waals surface area contributed by atoms with Crippen molar-refractivity contribution in [3.63, 3.8) is 0 Å². The lowest BCUT2D eigenvalue weighted by Crippen LogP contribution is -2.24. The zero-order valence-electron chi connectivity index (χ0n) is 10.2. The standard InChI is InChI=1S/C14H21NO/c1-4-8-12(3)15-11-13-9-6-7-10-14(13)16-5-2/h4,6-7,9-10,12,15H,1,5,8,11H2,2-3H3. The molecule has 0 amide bonds. The van der Waals surface area contributed by atoms with Crippen molar-refractivity contribution < 1.29 is 4.74 Å². The van der Waals surface area contributed by atoms with Crippen molar-refractivity contribution in [2.45, 2.75) is 32.9 Å². The van der Waals surface area contributed by atoms with Gasteiger partial charge < -0.3 is 10.1 Å². The van der Waals surface area contributed by atoms with Gasteiger partial charge in [-0.15, -0.1) is 6.58 Å². The van der Waals surface area contributed by atoms with Crippen LogP contribution in [0.15, 0.2) is 36.9 Å². The highest BCUT2D eigenvalue weighted by molar-refractivity contribution is 5.33. The Morgan fingerprint density at radius 2 is 2.19 bits per heavy atom. The van der Waals surface area contributed by atoms with E-state index in [9.17, 15) is 0 Å². The molecule has 0 aliphatic carbocycles. The van der Waals surface area contributed by atoms with Gasteiger partial charge in [-0.1, -0.05) is 24.3 Å². The molecule has 0 saturated heterocycles. The lowest BCUT2D eigenvalue weighted by molar-refractivity contribution is 0.335. The average Bonchev–Trinajstić information content (AvgIpc) is 2.29. The minimum absolute atomic E-state index is 0.451. The molecule has 1 aromatic carbocycles. The Labute approximate surface area is 98.3 Å². The van der Waals surface area contributed by atoms with Crippen molar-refractivity contribution in [2.24, 2.45) is 0 Å². The van der Waals surface area contributed by atoms with Crippen LogP contribution in [0, 0.1) is 0 Å². The Morgan fingerprint density at radius 3 is 2.88 bits per heavy atom. The molecule has 0 aliphatic heterocycles. The molecule has 0 heterocycles. The van der Waals surface area contributed by atoms with Gasteiger partial charge >= 0.3 is 0 Å². The van der Waals surface area contributed by atoms with Gasteiger partial charge in [0.15, 0.2) is 0 Å². The van der Waals surface area contributed by atoms with Gasteiger partial charge in [-0.05, 0) is 26.3 Å². The third-order valence-corrected chi connectivity index (χ3v) is 2.43. The number of benzene rings is 1. The molecular weight excluding hydrogens is 198 g/mol. The number of ether oxygens (including phenoxy) is 1. The Bertz CT molecular complexity index is 322. The van der Waals surface area contributed by atoms with Gasteiger partial charge in [0.1, 0.15) is 5.75 Å². The van der Waals surface area contributed by atoms with Crippen molar-refractivity contribution in [3.05, 3.63) is 42.5 Å². The minimum Gasteiger partial charge on any atom is -0.494 e. The molecular formula is C14H21NO. The predicted octanol–water partition coefficient (Wildman–Crippen LogP) is 3.14. The molecule has 1 N–H and O–H groups in total. The van der Waals surface area contributed by atoms with Crippen LogP contribution in [0.25, 0.3) is 0 Å². The van der Waals surface area contributed by atoms with Gasteiger partial charge in [-0.25, -0.2) is 0 Å². The second-order valence-electron chi connectivity index (χ2n) is 3.85. The first-order valence-electron chi connectivity index (χ1n) is 5.83. The van der Waals surface area contributed by atoms with Crippen LogP contribution in [0.5, 0.6) is 5.75 Å². The van der Waals surface area contributed by atoms with E-state index in [1.165, 1.54) is 5.56 Å². The Balaban J connectivity index is 2.55. The molecule has 0 radical (unpaired) electrons. The largest absolute Gasteiger partial charge is 0.494 e. The van der Waals surface area contributed by atoms with E-state index in [-0.39, 0.29) is 0 Å². The summed E-state index contributed by atoms with van der Waals surface area (Å²) in [6, 6.07) is 8.60.